The lowest BCUT2D eigenvalue weighted by atomic mass is 10.2. The number of carbonyl (C=O) groups is 1. The van der Waals surface area contributed by atoms with Gasteiger partial charge in [-0.1, -0.05) is 32.1 Å². The van der Waals surface area contributed by atoms with E-state index in [1.54, 1.807) is 0 Å². The van der Waals surface area contributed by atoms with Crippen LogP contribution in [0.5, 0.6) is 0 Å². The molecule has 0 bridgehead atoms. The Labute approximate surface area is 104 Å². The van der Waals surface area contributed by atoms with Gasteiger partial charge < -0.3 is 5.32 Å². The third-order valence-electron chi connectivity index (χ3n) is 1.94. The van der Waals surface area contributed by atoms with E-state index < -0.39 is 0 Å². The van der Waals surface area contributed by atoms with Crippen molar-refractivity contribution in [3.8, 4) is 0 Å². The van der Waals surface area contributed by atoms with Crippen LogP contribution in [0.1, 0.15) is 32.2 Å². The maximum Gasteiger partial charge on any atom is 0.226 e. The van der Waals surface area contributed by atoms with E-state index in [2.05, 4.69) is 10.3 Å². The van der Waals surface area contributed by atoms with E-state index in [1.807, 2.05) is 58.0 Å². The van der Waals surface area contributed by atoms with Gasteiger partial charge in [0.25, 0.3) is 0 Å². The summed E-state index contributed by atoms with van der Waals surface area (Å²) in [7, 11) is 0. The number of amides is 1. The third kappa shape index (κ3) is 7.28. The summed E-state index contributed by atoms with van der Waals surface area (Å²) in [6.45, 7) is 8.43. The monoisotopic (exact) mass is 234 g/mol. The lowest BCUT2D eigenvalue weighted by molar-refractivity contribution is -0.120. The lowest BCUT2D eigenvalue weighted by Gasteiger charge is -2.02. The molecule has 1 aromatic heterocycles. The molecule has 0 aromatic carbocycles. The molecule has 1 heterocycles. The van der Waals surface area contributed by atoms with Crippen LogP contribution in [0.4, 0.5) is 0 Å². The standard InChI is InChI=1S/C12H16N2O.C2H6/c1-3-4-8-13-12(15)9-11-7-5-6-10(2)14-11;1-2/h3-7H,8-9H2,1-2H3,(H,13,15);1-2H3/b4-3+;. The zero-order valence-corrected chi connectivity index (χ0v) is 11.2. The number of pyridine rings is 1. The molecule has 0 saturated heterocycles. The second-order valence-electron chi connectivity index (χ2n) is 3.32. The first kappa shape index (κ1) is 15.4. The zero-order valence-electron chi connectivity index (χ0n) is 11.2. The second kappa shape index (κ2) is 9.58. The first-order valence-corrected chi connectivity index (χ1v) is 6.02. The predicted octanol–water partition coefficient (Wildman–Crippen LogP) is 2.65. The fraction of sp³-hybridized carbons (Fsp3) is 0.429. The molecule has 0 atom stereocenters. The fourth-order valence-corrected chi connectivity index (χ4v) is 1.22. The smallest absolute Gasteiger partial charge is 0.226 e. The van der Waals surface area contributed by atoms with E-state index in [1.165, 1.54) is 0 Å². The van der Waals surface area contributed by atoms with Gasteiger partial charge in [0, 0.05) is 17.9 Å². The van der Waals surface area contributed by atoms with Gasteiger partial charge in [-0.2, -0.15) is 0 Å². The third-order valence-corrected chi connectivity index (χ3v) is 1.94. The van der Waals surface area contributed by atoms with Crippen molar-refractivity contribution < 1.29 is 4.79 Å². The molecule has 1 rings (SSSR count). The molecule has 0 aliphatic rings. The maximum atomic E-state index is 11.4. The Balaban J connectivity index is 0.00000121. The molecule has 1 amide bonds. The summed E-state index contributed by atoms with van der Waals surface area (Å²) in [5, 5.41) is 2.79. The lowest BCUT2D eigenvalue weighted by Crippen LogP contribution is -2.25. The summed E-state index contributed by atoms with van der Waals surface area (Å²) in [5.74, 6) is 0.00574. The van der Waals surface area contributed by atoms with Crippen molar-refractivity contribution in [3.63, 3.8) is 0 Å². The molecular formula is C14H22N2O. The Morgan fingerprint density at radius 2 is 2.12 bits per heavy atom. The molecule has 1 aromatic rings. The Morgan fingerprint density at radius 1 is 1.41 bits per heavy atom. The Bertz CT molecular complexity index is 359. The Kier molecular flexibility index (Phi) is 8.65. The van der Waals surface area contributed by atoms with Crippen LogP contribution >= 0.6 is 0 Å². The largest absolute Gasteiger partial charge is 0.352 e. The zero-order chi connectivity index (χ0) is 13.1. The summed E-state index contributed by atoms with van der Waals surface area (Å²) in [4.78, 5) is 15.7. The van der Waals surface area contributed by atoms with Gasteiger partial charge in [0.2, 0.25) is 5.91 Å². The number of nitrogens with one attached hydrogen (secondary N) is 1. The summed E-state index contributed by atoms with van der Waals surface area (Å²) in [6, 6.07) is 5.69. The first-order valence-electron chi connectivity index (χ1n) is 6.02. The first-order chi connectivity index (χ1) is 8.22. The SMILES string of the molecule is C/C=C/CNC(=O)Cc1cccc(C)n1.CC. The average molecular weight is 234 g/mol. The van der Waals surface area contributed by atoms with Crippen molar-refractivity contribution in [1.29, 1.82) is 0 Å². The normalized spacial score (nSPS) is 9.65. The summed E-state index contributed by atoms with van der Waals surface area (Å²) in [6.07, 6.45) is 4.16. The molecule has 0 aliphatic carbocycles. The molecule has 0 radical (unpaired) electrons. The van der Waals surface area contributed by atoms with Crippen molar-refractivity contribution in [2.75, 3.05) is 6.54 Å². The highest BCUT2D eigenvalue weighted by Crippen LogP contribution is 1.98. The maximum absolute atomic E-state index is 11.4. The number of carbonyl (C=O) groups excluding carboxylic acids is 1. The number of nitrogens with zero attached hydrogens (tertiary/aromatic N) is 1. The Hall–Kier alpha value is -1.64. The number of allylic oxidation sites excluding steroid dienone is 1. The van der Waals surface area contributed by atoms with E-state index in [9.17, 15) is 4.79 Å². The molecule has 3 heteroatoms. The minimum Gasteiger partial charge on any atom is -0.352 e. The highest BCUT2D eigenvalue weighted by Gasteiger charge is 2.02. The summed E-state index contributed by atoms with van der Waals surface area (Å²) >= 11 is 0. The van der Waals surface area contributed by atoms with E-state index in [0.29, 0.717) is 13.0 Å². The van der Waals surface area contributed by atoms with Crippen molar-refractivity contribution >= 4 is 5.91 Å². The predicted molar refractivity (Wildman–Crippen MR) is 71.8 cm³/mol. The number of rotatable bonds is 4. The van der Waals surface area contributed by atoms with E-state index in [4.69, 9.17) is 0 Å². The topological polar surface area (TPSA) is 42.0 Å². The van der Waals surface area contributed by atoms with Crippen LogP contribution in [0.2, 0.25) is 0 Å². The molecule has 0 saturated carbocycles. The van der Waals surface area contributed by atoms with Crippen molar-refractivity contribution in [1.82, 2.24) is 10.3 Å². The molecular weight excluding hydrogens is 212 g/mol. The number of hydrogen-bond donors (Lipinski definition) is 1. The van der Waals surface area contributed by atoms with Crippen LogP contribution in [-0.2, 0) is 11.2 Å². The van der Waals surface area contributed by atoms with Gasteiger partial charge in [-0.3, -0.25) is 9.78 Å². The number of hydrogen-bond acceptors (Lipinski definition) is 2. The molecule has 0 unspecified atom stereocenters. The number of aromatic nitrogens is 1. The van der Waals surface area contributed by atoms with Gasteiger partial charge in [-0.15, -0.1) is 0 Å². The molecule has 17 heavy (non-hydrogen) atoms. The van der Waals surface area contributed by atoms with E-state index in [-0.39, 0.29) is 5.91 Å². The molecule has 1 N–H and O–H groups in total. The minimum absolute atomic E-state index is 0.00574. The van der Waals surface area contributed by atoms with E-state index >= 15 is 0 Å². The van der Waals surface area contributed by atoms with Gasteiger partial charge in [0.15, 0.2) is 0 Å². The van der Waals surface area contributed by atoms with Gasteiger partial charge in [0.1, 0.15) is 0 Å². The van der Waals surface area contributed by atoms with Gasteiger partial charge in [-0.25, -0.2) is 0 Å². The van der Waals surface area contributed by atoms with Crippen LogP contribution in [0.25, 0.3) is 0 Å². The van der Waals surface area contributed by atoms with Crippen LogP contribution in [0.15, 0.2) is 30.4 Å². The highest BCUT2D eigenvalue weighted by atomic mass is 16.1. The quantitative estimate of drug-likeness (QED) is 0.814. The van der Waals surface area contributed by atoms with Gasteiger partial charge in [-0.05, 0) is 26.0 Å². The van der Waals surface area contributed by atoms with Crippen LogP contribution < -0.4 is 5.32 Å². The van der Waals surface area contributed by atoms with E-state index in [0.717, 1.165) is 11.4 Å². The van der Waals surface area contributed by atoms with Gasteiger partial charge in [0.05, 0.1) is 6.42 Å². The van der Waals surface area contributed by atoms with Crippen LogP contribution in [0.3, 0.4) is 0 Å². The molecule has 0 fully saturated rings. The number of aryl methyl sites for hydroxylation is 1. The summed E-state index contributed by atoms with van der Waals surface area (Å²) in [5.41, 5.74) is 1.75. The minimum atomic E-state index is 0.00574. The van der Waals surface area contributed by atoms with Crippen molar-refractivity contribution in [3.05, 3.63) is 41.7 Å². The Morgan fingerprint density at radius 3 is 2.71 bits per heavy atom. The van der Waals surface area contributed by atoms with Crippen molar-refractivity contribution in [2.45, 2.75) is 34.1 Å². The molecule has 0 aliphatic heterocycles. The van der Waals surface area contributed by atoms with Crippen LogP contribution in [-0.4, -0.2) is 17.4 Å². The molecule has 94 valence electrons. The summed E-state index contributed by atoms with van der Waals surface area (Å²) < 4.78 is 0. The van der Waals surface area contributed by atoms with Gasteiger partial charge >= 0.3 is 0 Å². The molecule has 3 nitrogen and oxygen atoms in total. The second-order valence-corrected chi connectivity index (χ2v) is 3.32. The fourth-order valence-electron chi connectivity index (χ4n) is 1.22. The highest BCUT2D eigenvalue weighted by molar-refractivity contribution is 5.78. The molecule has 0 spiro atoms. The van der Waals surface area contributed by atoms with Crippen molar-refractivity contribution in [2.24, 2.45) is 0 Å². The van der Waals surface area contributed by atoms with Crippen LogP contribution in [0, 0.1) is 6.92 Å². The average Bonchev–Trinajstić information content (AvgIpc) is 2.32.